The van der Waals surface area contributed by atoms with Gasteiger partial charge in [-0.3, -0.25) is 0 Å². The molecular weight excluding hydrogens is 360 g/mol. The van der Waals surface area contributed by atoms with E-state index in [1.165, 1.54) is 31.4 Å². The van der Waals surface area contributed by atoms with Gasteiger partial charge in [0, 0.05) is 0 Å². The van der Waals surface area contributed by atoms with Crippen LogP contribution in [0.3, 0.4) is 0 Å². The standard InChI is InChI=1S/C17H14F4O3S/c1-11-6-8-14(9-7-11)25(22)24-16(18)15(17(19,20)21)12-4-3-5-13(10-12)23-2/h3-10H,1-2H3/b16-15+. The number of methoxy groups -OCH3 is 1. The van der Waals surface area contributed by atoms with Crippen molar-refractivity contribution in [3.8, 4) is 5.75 Å². The summed E-state index contributed by atoms with van der Waals surface area (Å²) in [6, 6.07) is 8.75. The lowest BCUT2D eigenvalue weighted by Gasteiger charge is -2.14. The first-order valence-corrected chi connectivity index (χ1v) is 8.08. The second-order valence-electron chi connectivity index (χ2n) is 5.01. The molecule has 0 N–H and O–H groups in total. The first kappa shape index (κ1) is 19.0. The van der Waals surface area contributed by atoms with Crippen molar-refractivity contribution in [1.29, 1.82) is 0 Å². The number of hydrogen-bond donors (Lipinski definition) is 0. The quantitative estimate of drug-likeness (QED) is 0.549. The van der Waals surface area contributed by atoms with Crippen molar-refractivity contribution in [2.24, 2.45) is 0 Å². The summed E-state index contributed by atoms with van der Waals surface area (Å²) in [5.74, 6) is 0.117. The monoisotopic (exact) mass is 374 g/mol. The number of hydrogen-bond acceptors (Lipinski definition) is 3. The van der Waals surface area contributed by atoms with Crippen LogP contribution in [0.5, 0.6) is 5.75 Å². The summed E-state index contributed by atoms with van der Waals surface area (Å²) >= 11 is -2.42. The minimum absolute atomic E-state index is 0.0490. The first-order valence-electron chi connectivity index (χ1n) is 7.00. The topological polar surface area (TPSA) is 35.5 Å². The number of allylic oxidation sites excluding steroid dienone is 1. The summed E-state index contributed by atoms with van der Waals surface area (Å²) in [4.78, 5) is 0.0490. The summed E-state index contributed by atoms with van der Waals surface area (Å²) < 4.78 is 75.3. The average molecular weight is 374 g/mol. The molecule has 25 heavy (non-hydrogen) atoms. The number of alkyl halides is 3. The second-order valence-corrected chi connectivity index (χ2v) is 6.12. The van der Waals surface area contributed by atoms with Crippen LogP contribution in [0.2, 0.25) is 0 Å². The second kappa shape index (κ2) is 7.69. The van der Waals surface area contributed by atoms with E-state index in [-0.39, 0.29) is 10.6 Å². The molecule has 2 aromatic rings. The highest BCUT2D eigenvalue weighted by atomic mass is 32.2. The maximum absolute atomic E-state index is 14.2. The summed E-state index contributed by atoms with van der Waals surface area (Å²) in [6.45, 7) is 1.78. The molecule has 0 aliphatic heterocycles. The van der Waals surface area contributed by atoms with Crippen molar-refractivity contribution >= 4 is 16.7 Å². The molecule has 0 bridgehead atoms. The predicted octanol–water partition coefficient (Wildman–Crippen LogP) is 4.94. The molecular formula is C17H14F4O3S. The van der Waals surface area contributed by atoms with Gasteiger partial charge in [-0.1, -0.05) is 29.8 Å². The highest BCUT2D eigenvalue weighted by Gasteiger charge is 2.40. The molecule has 2 rings (SSSR count). The Morgan fingerprint density at radius 1 is 1.08 bits per heavy atom. The summed E-state index contributed by atoms with van der Waals surface area (Å²) in [5.41, 5.74) is -1.30. The van der Waals surface area contributed by atoms with Gasteiger partial charge in [0.1, 0.15) is 11.3 Å². The zero-order valence-electron chi connectivity index (χ0n) is 13.3. The van der Waals surface area contributed by atoms with Crippen LogP contribution in [0.25, 0.3) is 5.57 Å². The number of aryl methyl sites for hydroxylation is 1. The van der Waals surface area contributed by atoms with Gasteiger partial charge in [0.25, 0.3) is 0 Å². The van der Waals surface area contributed by atoms with E-state index < -0.39 is 34.4 Å². The lowest BCUT2D eigenvalue weighted by atomic mass is 10.1. The van der Waals surface area contributed by atoms with Gasteiger partial charge in [-0.2, -0.15) is 17.6 Å². The average Bonchev–Trinajstić information content (AvgIpc) is 2.54. The van der Waals surface area contributed by atoms with Crippen LogP contribution in [-0.4, -0.2) is 17.5 Å². The van der Waals surface area contributed by atoms with Crippen molar-refractivity contribution in [2.75, 3.05) is 7.11 Å². The Morgan fingerprint density at radius 2 is 1.72 bits per heavy atom. The van der Waals surface area contributed by atoms with Crippen molar-refractivity contribution in [2.45, 2.75) is 18.0 Å². The van der Waals surface area contributed by atoms with Gasteiger partial charge in [0.05, 0.1) is 12.0 Å². The zero-order chi connectivity index (χ0) is 18.6. The van der Waals surface area contributed by atoms with E-state index in [4.69, 9.17) is 4.74 Å². The molecule has 0 aliphatic rings. The molecule has 8 heteroatoms. The summed E-state index contributed by atoms with van der Waals surface area (Å²) in [7, 11) is 1.27. The van der Waals surface area contributed by atoms with Crippen molar-refractivity contribution in [3.05, 3.63) is 65.7 Å². The van der Waals surface area contributed by atoms with Gasteiger partial charge >= 0.3 is 12.2 Å². The van der Waals surface area contributed by atoms with Crippen LogP contribution in [0.1, 0.15) is 11.1 Å². The number of benzene rings is 2. The lowest BCUT2D eigenvalue weighted by molar-refractivity contribution is -0.0715. The third-order valence-corrected chi connectivity index (χ3v) is 4.16. The lowest BCUT2D eigenvalue weighted by Crippen LogP contribution is -2.14. The van der Waals surface area contributed by atoms with Gasteiger partial charge in [-0.05, 0) is 36.8 Å². The van der Waals surface area contributed by atoms with Crippen LogP contribution < -0.4 is 4.74 Å². The van der Waals surface area contributed by atoms with Crippen LogP contribution in [-0.2, 0) is 15.3 Å². The van der Waals surface area contributed by atoms with Gasteiger partial charge in [0.15, 0.2) is 0 Å². The van der Waals surface area contributed by atoms with Crippen molar-refractivity contribution in [3.63, 3.8) is 0 Å². The maximum atomic E-state index is 14.2. The Morgan fingerprint density at radius 3 is 2.28 bits per heavy atom. The molecule has 1 atom stereocenters. The van der Waals surface area contributed by atoms with E-state index in [1.807, 2.05) is 0 Å². The number of rotatable bonds is 5. The minimum Gasteiger partial charge on any atom is -0.497 e. The van der Waals surface area contributed by atoms with E-state index >= 15 is 0 Å². The van der Waals surface area contributed by atoms with Crippen molar-refractivity contribution in [1.82, 2.24) is 0 Å². The van der Waals surface area contributed by atoms with Crippen LogP contribution >= 0.6 is 0 Å². The highest BCUT2D eigenvalue weighted by molar-refractivity contribution is 7.80. The van der Waals surface area contributed by atoms with Gasteiger partial charge in [-0.25, -0.2) is 4.21 Å². The Hall–Kier alpha value is -2.35. The predicted molar refractivity (Wildman–Crippen MR) is 85.7 cm³/mol. The van der Waals surface area contributed by atoms with Gasteiger partial charge in [-0.15, -0.1) is 0 Å². The van der Waals surface area contributed by atoms with E-state index in [1.54, 1.807) is 19.1 Å². The molecule has 0 spiro atoms. The number of ether oxygens (including phenoxy) is 1. The third kappa shape index (κ3) is 4.82. The Balaban J connectivity index is 2.40. The van der Waals surface area contributed by atoms with Crippen LogP contribution in [0.4, 0.5) is 17.6 Å². The fourth-order valence-corrected chi connectivity index (χ4v) is 2.64. The number of halogens is 4. The molecule has 0 fully saturated rings. The molecule has 0 heterocycles. The van der Waals surface area contributed by atoms with E-state index in [2.05, 4.69) is 4.18 Å². The molecule has 0 saturated carbocycles. The summed E-state index contributed by atoms with van der Waals surface area (Å²) in [5, 5.41) is 0. The van der Waals surface area contributed by atoms with E-state index in [0.29, 0.717) is 0 Å². The molecule has 0 amide bonds. The Labute approximate surface area is 144 Å². The zero-order valence-corrected chi connectivity index (χ0v) is 14.1. The molecule has 0 radical (unpaired) electrons. The minimum atomic E-state index is -5.05. The van der Waals surface area contributed by atoms with E-state index in [9.17, 15) is 21.8 Å². The fourth-order valence-electron chi connectivity index (χ4n) is 1.97. The van der Waals surface area contributed by atoms with Gasteiger partial charge < -0.3 is 8.92 Å². The van der Waals surface area contributed by atoms with Crippen LogP contribution in [0.15, 0.2) is 59.4 Å². The molecule has 0 aromatic heterocycles. The van der Waals surface area contributed by atoms with E-state index in [0.717, 1.165) is 17.7 Å². The molecule has 0 aliphatic carbocycles. The van der Waals surface area contributed by atoms with Crippen LogP contribution in [0, 0.1) is 6.92 Å². The van der Waals surface area contributed by atoms with Gasteiger partial charge in [0.2, 0.25) is 11.1 Å². The maximum Gasteiger partial charge on any atom is 0.423 e. The SMILES string of the molecule is COc1cccc(/C(=C(/F)OS(=O)c2ccc(C)cc2)C(F)(F)F)c1. The largest absolute Gasteiger partial charge is 0.497 e. The smallest absolute Gasteiger partial charge is 0.423 e. The molecule has 3 nitrogen and oxygen atoms in total. The Kier molecular flexibility index (Phi) is 5.84. The first-order chi connectivity index (χ1) is 11.7. The molecule has 134 valence electrons. The Bertz CT molecular complexity index is 798. The summed E-state index contributed by atoms with van der Waals surface area (Å²) in [6.07, 6.45) is -5.05. The molecule has 2 aromatic carbocycles. The fraction of sp³-hybridized carbons (Fsp3) is 0.176. The highest BCUT2D eigenvalue weighted by Crippen LogP contribution is 2.38. The third-order valence-electron chi connectivity index (χ3n) is 3.20. The molecule has 1 unspecified atom stereocenters. The molecule has 0 saturated heterocycles. The normalized spacial score (nSPS) is 13.8. The van der Waals surface area contributed by atoms with Crippen molar-refractivity contribution < 1.29 is 30.7 Å².